The molecule has 0 bridgehead atoms. The Balaban J connectivity index is 1.23. The second kappa shape index (κ2) is 15.1. The predicted octanol–water partition coefficient (Wildman–Crippen LogP) is 11.8. The van der Waals surface area contributed by atoms with Crippen molar-refractivity contribution in [2.75, 3.05) is 16.3 Å². The van der Waals surface area contributed by atoms with E-state index in [1.54, 1.807) is 12.1 Å². The third-order valence-electron chi connectivity index (χ3n) is 13.3. The summed E-state index contributed by atoms with van der Waals surface area (Å²) in [5.41, 5.74) is 5.19. The number of imidazole rings is 1. The van der Waals surface area contributed by atoms with Crippen LogP contribution in [0.3, 0.4) is 0 Å². The maximum atomic E-state index is 16.3. The summed E-state index contributed by atoms with van der Waals surface area (Å²) >= 11 is 6.93. The minimum atomic E-state index is -2.26. The molecular weight excluding hydrogens is 773 g/mol. The van der Waals surface area contributed by atoms with Gasteiger partial charge in [0.2, 0.25) is 0 Å². The fourth-order valence-electron chi connectivity index (χ4n) is 9.44. The molecule has 1 saturated heterocycles. The van der Waals surface area contributed by atoms with Crippen LogP contribution in [0.2, 0.25) is 39.8 Å². The molecule has 306 valence electrons. The quantitative estimate of drug-likeness (QED) is 0.125. The van der Waals surface area contributed by atoms with E-state index in [2.05, 4.69) is 123 Å². The Morgan fingerprint density at radius 1 is 1.02 bits per heavy atom. The first-order valence-electron chi connectivity index (χ1n) is 20.5. The molecule has 1 aliphatic heterocycles. The molecule has 2 atom stereocenters. The number of halogens is 2. The number of hydrogen-bond donors (Lipinski definition) is 1. The van der Waals surface area contributed by atoms with Crippen molar-refractivity contribution in [1.82, 2.24) is 23.6 Å². The lowest BCUT2D eigenvalue weighted by Crippen LogP contribution is -2.51. The minimum Gasteiger partial charge on any atom is -0.465 e. The van der Waals surface area contributed by atoms with Crippen LogP contribution >= 0.6 is 11.6 Å². The molecule has 2 aliphatic rings. The number of carboxylic acid groups (broad SMARTS) is 1. The van der Waals surface area contributed by atoms with Crippen molar-refractivity contribution in [2.45, 2.75) is 141 Å². The topological polar surface area (TPSA) is 101 Å². The van der Waals surface area contributed by atoms with E-state index in [1.807, 2.05) is 6.20 Å². The van der Waals surface area contributed by atoms with Crippen molar-refractivity contribution < 1.29 is 18.7 Å². The SMILES string of the molecule is CC(C)[Si](C(C)C)(C(C)C)n1cc(Cl)c2cc(CN(C(=O)O)c3cc(N4C[C@@H](O[Si](C)(C)C(C)(C)C)C[C@@H]4c4cn5cc(C6CC6)ccc5n4)ncn3)c(F)cc21. The van der Waals surface area contributed by atoms with Crippen LogP contribution in [-0.4, -0.2) is 64.0 Å². The zero-order chi connectivity index (χ0) is 41.4. The Bertz CT molecular complexity index is 2280. The van der Waals surface area contributed by atoms with E-state index in [4.69, 9.17) is 21.0 Å². The Labute approximate surface area is 343 Å². The molecule has 1 aromatic carbocycles. The lowest BCUT2D eigenvalue weighted by molar-refractivity contribution is 0.198. The van der Waals surface area contributed by atoms with Crippen LogP contribution in [0.5, 0.6) is 0 Å². The molecule has 5 heterocycles. The standard InChI is InChI=1S/C43H59ClFN7O3Si2/c1-26(2)57(27(3)4,28(5)6)52-23-34(44)33-16-31(35(45)18-37(33)52)21-51(42(53)54)41-19-40(46-25-47-41)50-22-32(55-56(10,11)43(7,8)9)17-38(50)36-24-49-20-30(29-12-13-29)14-15-39(49)48-36/h14-16,18-20,23-29,32,38H,12-13,17,21-22H2,1-11H3,(H,53,54)/t32-,38+/m0/s1. The second-order valence-corrected chi connectivity index (χ2v) is 29.7. The average Bonchev–Trinajstić information content (AvgIpc) is 3.64. The minimum absolute atomic E-state index is 0.0236. The molecule has 5 aromatic rings. The van der Waals surface area contributed by atoms with Crippen molar-refractivity contribution in [3.8, 4) is 0 Å². The van der Waals surface area contributed by atoms with Gasteiger partial charge in [-0.3, -0.25) is 4.90 Å². The molecule has 1 saturated carbocycles. The van der Waals surface area contributed by atoms with Crippen LogP contribution in [-0.2, 0) is 11.0 Å². The van der Waals surface area contributed by atoms with E-state index in [0.29, 0.717) is 51.7 Å². The molecule has 0 spiro atoms. The fourth-order valence-corrected chi connectivity index (χ4v) is 17.8. The first-order chi connectivity index (χ1) is 26.7. The third-order valence-corrected chi connectivity index (χ3v) is 24.9. The number of nitrogens with zero attached hydrogens (tertiary/aromatic N) is 7. The molecular formula is C43H59ClFN7O3Si2. The van der Waals surface area contributed by atoms with Crippen LogP contribution in [0, 0.1) is 5.82 Å². The van der Waals surface area contributed by atoms with E-state index in [0.717, 1.165) is 21.8 Å². The lowest BCUT2D eigenvalue weighted by Gasteiger charge is -2.44. The highest BCUT2D eigenvalue weighted by Crippen LogP contribution is 2.47. The summed E-state index contributed by atoms with van der Waals surface area (Å²) in [5, 5.41) is 11.9. The summed E-state index contributed by atoms with van der Waals surface area (Å²) < 4.78 is 27.7. The maximum absolute atomic E-state index is 16.3. The second-order valence-electron chi connectivity index (χ2n) is 18.8. The van der Waals surface area contributed by atoms with E-state index in [1.165, 1.54) is 30.8 Å². The van der Waals surface area contributed by atoms with Crippen molar-refractivity contribution in [3.05, 3.63) is 82.9 Å². The van der Waals surface area contributed by atoms with Gasteiger partial charge >= 0.3 is 6.09 Å². The van der Waals surface area contributed by atoms with Gasteiger partial charge in [-0.25, -0.2) is 24.1 Å². The Hall–Kier alpha value is -3.79. The molecule has 4 aromatic heterocycles. The molecule has 57 heavy (non-hydrogen) atoms. The number of fused-ring (bicyclic) bond motifs is 2. The number of hydrogen-bond acceptors (Lipinski definition) is 6. The van der Waals surface area contributed by atoms with Crippen LogP contribution in [0.1, 0.15) is 110 Å². The van der Waals surface area contributed by atoms with Crippen LogP contribution in [0.4, 0.5) is 20.8 Å². The summed E-state index contributed by atoms with van der Waals surface area (Å²) in [6.07, 6.45) is 9.46. The Kier molecular flexibility index (Phi) is 11.0. The number of rotatable bonds is 12. The number of pyridine rings is 1. The van der Waals surface area contributed by atoms with Gasteiger partial charge in [-0.15, -0.1) is 0 Å². The molecule has 0 unspecified atom stereocenters. The number of anilines is 2. The van der Waals surface area contributed by atoms with Gasteiger partial charge in [-0.1, -0.05) is 80.0 Å². The van der Waals surface area contributed by atoms with Gasteiger partial charge in [0, 0.05) is 54.1 Å². The molecule has 1 N–H and O–H groups in total. The van der Waals surface area contributed by atoms with E-state index in [-0.39, 0.29) is 35.1 Å². The van der Waals surface area contributed by atoms with Gasteiger partial charge in [0.25, 0.3) is 0 Å². The van der Waals surface area contributed by atoms with Gasteiger partial charge in [-0.2, -0.15) is 0 Å². The van der Waals surface area contributed by atoms with Gasteiger partial charge in [0.15, 0.2) is 16.6 Å². The maximum Gasteiger partial charge on any atom is 0.413 e. The summed E-state index contributed by atoms with van der Waals surface area (Å²) in [4.78, 5) is 30.4. The van der Waals surface area contributed by atoms with E-state index < -0.39 is 28.5 Å². The van der Waals surface area contributed by atoms with Crippen molar-refractivity contribution in [2.24, 2.45) is 0 Å². The molecule has 1 amide bonds. The molecule has 0 radical (unpaired) electrons. The van der Waals surface area contributed by atoms with Crippen LogP contribution in [0.15, 0.2) is 55.2 Å². The smallest absolute Gasteiger partial charge is 0.413 e. The van der Waals surface area contributed by atoms with Crippen molar-refractivity contribution >= 4 is 62.4 Å². The molecule has 2 fully saturated rings. The largest absolute Gasteiger partial charge is 0.465 e. The molecule has 14 heteroatoms. The zero-order valence-corrected chi connectivity index (χ0v) is 38.1. The zero-order valence-electron chi connectivity index (χ0n) is 35.3. The summed E-state index contributed by atoms with van der Waals surface area (Å²) in [7, 11) is -4.39. The van der Waals surface area contributed by atoms with Gasteiger partial charge in [0.1, 0.15) is 29.4 Å². The van der Waals surface area contributed by atoms with Crippen molar-refractivity contribution in [1.29, 1.82) is 0 Å². The molecule has 7 rings (SSSR count). The van der Waals surface area contributed by atoms with Gasteiger partial charge in [-0.05, 0) is 77.3 Å². The summed E-state index contributed by atoms with van der Waals surface area (Å²) in [6.45, 7) is 25.1. The number of amides is 1. The van der Waals surface area contributed by atoms with Gasteiger partial charge in [0.05, 0.1) is 29.4 Å². The molecule has 10 nitrogen and oxygen atoms in total. The number of aromatic nitrogens is 5. The highest BCUT2D eigenvalue weighted by atomic mass is 35.5. The normalized spacial score (nSPS) is 18.3. The molecule has 1 aliphatic carbocycles. The van der Waals surface area contributed by atoms with Gasteiger partial charge < -0.3 is 23.1 Å². The predicted molar refractivity (Wildman–Crippen MR) is 234 cm³/mol. The van der Waals surface area contributed by atoms with Crippen molar-refractivity contribution in [3.63, 3.8) is 0 Å². The average molecular weight is 833 g/mol. The summed E-state index contributed by atoms with van der Waals surface area (Å²) in [5.74, 6) is 0.844. The highest BCUT2D eigenvalue weighted by molar-refractivity contribution is 6.82. The van der Waals surface area contributed by atoms with Crippen LogP contribution in [0.25, 0.3) is 16.6 Å². The fraction of sp³-hybridized carbons (Fsp3) is 0.535. The first-order valence-corrected chi connectivity index (χ1v) is 25.9. The van der Waals surface area contributed by atoms with Crippen LogP contribution < -0.4 is 9.80 Å². The lowest BCUT2D eigenvalue weighted by atomic mass is 10.1. The third kappa shape index (κ3) is 7.53. The number of carbonyl (C=O) groups is 1. The Morgan fingerprint density at radius 3 is 2.32 bits per heavy atom. The monoisotopic (exact) mass is 831 g/mol. The highest BCUT2D eigenvalue weighted by Gasteiger charge is 2.47. The number of benzene rings is 1. The summed E-state index contributed by atoms with van der Waals surface area (Å²) in [6, 6.07) is 9.02. The van der Waals surface area contributed by atoms with E-state index in [9.17, 15) is 9.90 Å². The first kappa shape index (κ1) is 41.4. The van der Waals surface area contributed by atoms with E-state index >= 15 is 4.39 Å². The Morgan fingerprint density at radius 2 is 1.70 bits per heavy atom.